The second-order valence-corrected chi connectivity index (χ2v) is 7.26. The van der Waals surface area contributed by atoms with Gasteiger partial charge >= 0.3 is 0 Å². The summed E-state index contributed by atoms with van der Waals surface area (Å²) >= 11 is 12.0. The van der Waals surface area contributed by atoms with Crippen LogP contribution in [0.4, 0.5) is 0 Å². The Morgan fingerprint density at radius 3 is 2.72 bits per heavy atom. The summed E-state index contributed by atoms with van der Waals surface area (Å²) in [6.07, 6.45) is 6.12. The molecule has 25 heavy (non-hydrogen) atoms. The fourth-order valence-corrected chi connectivity index (χ4v) is 3.54. The zero-order chi connectivity index (χ0) is 18.2. The van der Waals surface area contributed by atoms with Crippen molar-refractivity contribution in [2.24, 2.45) is 10.9 Å². The molecule has 6 heteroatoms. The van der Waals surface area contributed by atoms with Crippen LogP contribution in [0.5, 0.6) is 0 Å². The van der Waals surface area contributed by atoms with E-state index in [9.17, 15) is 10.1 Å². The van der Waals surface area contributed by atoms with Crippen molar-refractivity contribution in [2.75, 3.05) is 6.54 Å². The lowest BCUT2D eigenvalue weighted by Crippen LogP contribution is -2.41. The van der Waals surface area contributed by atoms with E-state index >= 15 is 0 Å². The Bertz CT molecular complexity index is 676. The molecule has 1 amide bonds. The van der Waals surface area contributed by atoms with E-state index in [0.717, 1.165) is 31.2 Å². The molecule has 0 aromatic heterocycles. The van der Waals surface area contributed by atoms with E-state index in [1.165, 1.54) is 6.42 Å². The molecule has 1 aromatic rings. The predicted octanol–water partition coefficient (Wildman–Crippen LogP) is 4.59. The first-order valence-electron chi connectivity index (χ1n) is 8.66. The highest BCUT2D eigenvalue weighted by molar-refractivity contribution is 6.35. The molecule has 0 bridgehead atoms. The Balaban J connectivity index is 1.91. The summed E-state index contributed by atoms with van der Waals surface area (Å²) in [5.41, 5.74) is 1.49. The van der Waals surface area contributed by atoms with Crippen molar-refractivity contribution in [2.45, 2.75) is 51.5 Å². The third kappa shape index (κ3) is 6.02. The van der Waals surface area contributed by atoms with Crippen molar-refractivity contribution >= 4 is 34.8 Å². The Morgan fingerprint density at radius 2 is 2.08 bits per heavy atom. The molecule has 0 saturated heterocycles. The molecule has 1 atom stereocenters. The highest BCUT2D eigenvalue weighted by atomic mass is 35.5. The third-order valence-electron chi connectivity index (χ3n) is 4.52. The Kier molecular flexibility index (Phi) is 7.74. The monoisotopic (exact) mass is 379 g/mol. The molecule has 1 N–H and O–H groups in total. The molecule has 1 unspecified atom stereocenters. The first kappa shape index (κ1) is 19.8. The van der Waals surface area contributed by atoms with E-state index in [1.807, 2.05) is 6.07 Å². The number of carbonyl (C=O) groups excluding carboxylic acids is 1. The van der Waals surface area contributed by atoms with Gasteiger partial charge in [0.25, 0.3) is 0 Å². The summed E-state index contributed by atoms with van der Waals surface area (Å²) in [5, 5.41) is 13.6. The van der Waals surface area contributed by atoms with E-state index in [1.54, 1.807) is 19.1 Å². The maximum absolute atomic E-state index is 12.4. The smallest absolute Gasteiger partial charge is 0.243 e. The van der Waals surface area contributed by atoms with Crippen molar-refractivity contribution < 1.29 is 4.79 Å². The number of nitrogens with one attached hydrogen (secondary N) is 1. The third-order valence-corrected chi connectivity index (χ3v) is 5.11. The molecule has 0 spiro atoms. The summed E-state index contributed by atoms with van der Waals surface area (Å²) < 4.78 is 0. The van der Waals surface area contributed by atoms with Crippen LogP contribution in [-0.2, 0) is 11.2 Å². The van der Waals surface area contributed by atoms with Crippen molar-refractivity contribution in [1.82, 2.24) is 5.32 Å². The van der Waals surface area contributed by atoms with Crippen LogP contribution < -0.4 is 5.32 Å². The van der Waals surface area contributed by atoms with Crippen LogP contribution in [0.15, 0.2) is 23.2 Å². The van der Waals surface area contributed by atoms with Crippen LogP contribution in [0.1, 0.15) is 44.6 Å². The van der Waals surface area contributed by atoms with Crippen molar-refractivity contribution in [1.29, 1.82) is 5.26 Å². The maximum atomic E-state index is 12.4. The zero-order valence-corrected chi connectivity index (χ0v) is 15.9. The number of carbonyl (C=O) groups is 1. The van der Waals surface area contributed by atoms with Gasteiger partial charge < -0.3 is 5.32 Å². The molecule has 2 rings (SSSR count). The molecule has 134 valence electrons. The molecule has 1 aliphatic carbocycles. The van der Waals surface area contributed by atoms with Crippen LogP contribution in [0.25, 0.3) is 0 Å². The lowest BCUT2D eigenvalue weighted by atomic mass is 9.94. The molecule has 1 aliphatic rings. The van der Waals surface area contributed by atoms with E-state index in [-0.39, 0.29) is 11.9 Å². The number of aliphatic imine (C=N–C) groups is 1. The van der Waals surface area contributed by atoms with E-state index < -0.39 is 5.92 Å². The summed E-state index contributed by atoms with van der Waals surface area (Å²) in [5.74, 6) is -1.07. The molecule has 1 saturated carbocycles. The first-order chi connectivity index (χ1) is 12.0. The minimum atomic E-state index is -0.831. The maximum Gasteiger partial charge on any atom is 0.243 e. The number of nitriles is 1. The lowest BCUT2D eigenvalue weighted by Gasteiger charge is -2.23. The SMILES string of the molecule is CC(=NCCc1ccc(Cl)cc1Cl)C(C#N)C(=O)NC1CCCCC1. The lowest BCUT2D eigenvalue weighted by molar-refractivity contribution is -0.122. The number of benzene rings is 1. The predicted molar refractivity (Wildman–Crippen MR) is 102 cm³/mol. The standard InChI is InChI=1S/C19H23Cl2N3O/c1-13(23-10-9-14-7-8-15(20)11-18(14)21)17(12-22)19(25)24-16-5-3-2-4-6-16/h7-8,11,16-17H,2-6,9-10H2,1H3,(H,24,25). The minimum absolute atomic E-state index is 0.192. The van der Waals surface area contributed by atoms with Crippen molar-refractivity contribution in [3.8, 4) is 6.07 Å². The normalized spacial score (nSPS) is 17.0. The average Bonchev–Trinajstić information content (AvgIpc) is 2.58. The summed E-state index contributed by atoms with van der Waals surface area (Å²) in [7, 11) is 0. The second-order valence-electron chi connectivity index (χ2n) is 6.41. The van der Waals surface area contributed by atoms with Crippen molar-refractivity contribution in [3.05, 3.63) is 33.8 Å². The van der Waals surface area contributed by atoms with Gasteiger partial charge in [0, 0.05) is 28.3 Å². The van der Waals surface area contributed by atoms with Gasteiger partial charge in [-0.2, -0.15) is 5.26 Å². The highest BCUT2D eigenvalue weighted by Crippen LogP contribution is 2.21. The van der Waals surface area contributed by atoms with Gasteiger partial charge in [-0.05, 0) is 43.9 Å². The number of halogens is 2. The average molecular weight is 380 g/mol. The van der Waals surface area contributed by atoms with Crippen LogP contribution >= 0.6 is 23.2 Å². The van der Waals surface area contributed by atoms with Crippen LogP contribution in [0.3, 0.4) is 0 Å². The molecule has 0 radical (unpaired) electrons. The summed E-state index contributed by atoms with van der Waals surface area (Å²) in [6, 6.07) is 7.62. The second kappa shape index (κ2) is 9.79. The number of amides is 1. The van der Waals surface area contributed by atoms with Gasteiger partial charge in [0.05, 0.1) is 6.07 Å². The van der Waals surface area contributed by atoms with Gasteiger partial charge in [0.15, 0.2) is 5.92 Å². The van der Waals surface area contributed by atoms with Crippen LogP contribution in [0, 0.1) is 17.2 Å². The van der Waals surface area contributed by atoms with Crippen molar-refractivity contribution in [3.63, 3.8) is 0 Å². The quantitative estimate of drug-likeness (QED) is 0.734. The summed E-state index contributed by atoms with van der Waals surface area (Å²) in [6.45, 7) is 2.21. The first-order valence-corrected chi connectivity index (χ1v) is 9.41. The molecule has 0 aliphatic heterocycles. The molecule has 0 heterocycles. The van der Waals surface area contributed by atoms with Gasteiger partial charge in [-0.1, -0.05) is 48.5 Å². The Hall–Kier alpha value is -1.57. The van der Waals surface area contributed by atoms with Gasteiger partial charge in [0.2, 0.25) is 5.91 Å². The number of hydrogen-bond acceptors (Lipinski definition) is 3. The summed E-state index contributed by atoms with van der Waals surface area (Å²) in [4.78, 5) is 16.8. The zero-order valence-electron chi connectivity index (χ0n) is 14.4. The number of nitrogens with zero attached hydrogens (tertiary/aromatic N) is 2. The molecule has 1 fully saturated rings. The van der Waals surface area contributed by atoms with E-state index in [4.69, 9.17) is 23.2 Å². The van der Waals surface area contributed by atoms with Gasteiger partial charge in [-0.25, -0.2) is 0 Å². The topological polar surface area (TPSA) is 65.2 Å². The highest BCUT2D eigenvalue weighted by Gasteiger charge is 2.24. The Morgan fingerprint density at radius 1 is 1.36 bits per heavy atom. The van der Waals surface area contributed by atoms with Crippen LogP contribution in [-0.4, -0.2) is 24.2 Å². The van der Waals surface area contributed by atoms with E-state index in [2.05, 4.69) is 16.4 Å². The van der Waals surface area contributed by atoms with Gasteiger partial charge in [-0.15, -0.1) is 0 Å². The molecule has 4 nitrogen and oxygen atoms in total. The fourth-order valence-electron chi connectivity index (χ4n) is 3.04. The molecular weight excluding hydrogens is 357 g/mol. The molecular formula is C19H23Cl2N3O. The largest absolute Gasteiger partial charge is 0.352 e. The van der Waals surface area contributed by atoms with Crippen LogP contribution in [0.2, 0.25) is 10.0 Å². The minimum Gasteiger partial charge on any atom is -0.352 e. The Labute approximate surface area is 159 Å². The van der Waals surface area contributed by atoms with E-state index in [0.29, 0.717) is 28.7 Å². The number of rotatable bonds is 6. The molecule has 1 aromatic carbocycles. The van der Waals surface area contributed by atoms with Gasteiger partial charge in [-0.3, -0.25) is 9.79 Å². The fraction of sp³-hybridized carbons (Fsp3) is 0.526. The number of hydrogen-bond donors (Lipinski definition) is 1. The van der Waals surface area contributed by atoms with Gasteiger partial charge in [0.1, 0.15) is 0 Å².